The molecule has 1 atom stereocenters. The first-order valence-corrected chi connectivity index (χ1v) is 13.5. The average molecular weight is 661 g/mol. The third kappa shape index (κ3) is 9.99. The first-order chi connectivity index (χ1) is 19.4. The van der Waals surface area contributed by atoms with Crippen molar-refractivity contribution in [2.75, 3.05) is 19.7 Å². The maximum atomic E-state index is 13.9. The maximum absolute atomic E-state index is 13.9. The Labute approximate surface area is 240 Å². The molecule has 0 saturated heterocycles. The molecule has 0 aliphatic heterocycles. The van der Waals surface area contributed by atoms with Gasteiger partial charge in [0.1, 0.15) is 0 Å². The van der Waals surface area contributed by atoms with E-state index in [-0.39, 0.29) is 6.42 Å². The number of hydrogen-bond acceptors (Lipinski definition) is 3. The summed E-state index contributed by atoms with van der Waals surface area (Å²) in [5.74, 6) is -39.5. The van der Waals surface area contributed by atoms with Crippen LogP contribution in [-0.4, -0.2) is 72.4 Å². The van der Waals surface area contributed by atoms with Gasteiger partial charge in [-0.1, -0.05) is 58.3 Å². The molecule has 3 N–H and O–H groups in total. The second-order valence-corrected chi connectivity index (χ2v) is 10.6. The molecule has 18 heteroatoms. The molecule has 0 bridgehead atoms. The summed E-state index contributed by atoms with van der Waals surface area (Å²) in [5.41, 5.74) is -1.97. The van der Waals surface area contributed by atoms with Crippen LogP contribution in [0, 0.1) is 5.41 Å². The Balaban J connectivity index is 5.04. The van der Waals surface area contributed by atoms with Crippen LogP contribution in [0.2, 0.25) is 0 Å². The summed E-state index contributed by atoms with van der Waals surface area (Å²) in [4.78, 5) is 24.4. The fourth-order valence-corrected chi connectivity index (χ4v) is 3.69. The number of amides is 2. The van der Waals surface area contributed by atoms with E-state index in [9.17, 15) is 71.8 Å². The highest BCUT2D eigenvalue weighted by Gasteiger charge is 2.90. The van der Waals surface area contributed by atoms with Crippen molar-refractivity contribution in [2.24, 2.45) is 5.41 Å². The lowest BCUT2D eigenvalue weighted by molar-refractivity contribution is -0.440. The van der Waals surface area contributed by atoms with Gasteiger partial charge in [-0.2, -0.15) is 57.1 Å². The molecule has 5 nitrogen and oxygen atoms in total. The fraction of sp³-hybridized carbons (Fsp3) is 0.920. The third-order valence-electron chi connectivity index (χ3n) is 6.80. The maximum Gasteiger partial charge on any atom is 0.460 e. The van der Waals surface area contributed by atoms with Crippen molar-refractivity contribution in [1.82, 2.24) is 10.6 Å². The van der Waals surface area contributed by atoms with Gasteiger partial charge in [0.15, 0.2) is 0 Å². The molecule has 0 aromatic carbocycles. The normalized spacial score (nSPS) is 15.3. The molecule has 0 rings (SSSR count). The van der Waals surface area contributed by atoms with Gasteiger partial charge in [-0.3, -0.25) is 9.59 Å². The van der Waals surface area contributed by atoms with Crippen LogP contribution >= 0.6 is 0 Å². The molecule has 0 heterocycles. The van der Waals surface area contributed by atoms with E-state index >= 15 is 0 Å². The highest BCUT2D eigenvalue weighted by molar-refractivity contribution is 5.84. The number of hydrogen-bond donors (Lipinski definition) is 3. The van der Waals surface area contributed by atoms with Crippen LogP contribution < -0.4 is 10.6 Å². The number of carbonyl (C=O) groups excluding carboxylic acids is 2. The summed E-state index contributed by atoms with van der Waals surface area (Å²) in [5, 5.41) is 13.4. The molecule has 0 aliphatic carbocycles. The van der Waals surface area contributed by atoms with Gasteiger partial charge in [-0.15, -0.1) is 0 Å². The first-order valence-electron chi connectivity index (χ1n) is 13.5. The molecule has 0 aromatic heterocycles. The molecule has 0 fully saturated rings. The highest BCUT2D eigenvalue weighted by atomic mass is 19.4. The van der Waals surface area contributed by atoms with Crippen molar-refractivity contribution in [3.8, 4) is 0 Å². The zero-order valence-corrected chi connectivity index (χ0v) is 23.6. The molecule has 2 amide bonds. The van der Waals surface area contributed by atoms with Crippen LogP contribution in [0.1, 0.15) is 84.5 Å². The number of rotatable bonds is 21. The van der Waals surface area contributed by atoms with E-state index < -0.39 is 79.1 Å². The van der Waals surface area contributed by atoms with Crippen LogP contribution in [0.3, 0.4) is 0 Å². The number of halogens is 13. The van der Waals surface area contributed by atoms with Gasteiger partial charge < -0.3 is 15.7 Å². The average Bonchev–Trinajstić information content (AvgIpc) is 2.89. The van der Waals surface area contributed by atoms with Crippen molar-refractivity contribution in [2.45, 2.75) is 120 Å². The van der Waals surface area contributed by atoms with Crippen LogP contribution in [0.5, 0.6) is 0 Å². The van der Waals surface area contributed by atoms with Crippen LogP contribution in [0.25, 0.3) is 0 Å². The fourth-order valence-electron chi connectivity index (χ4n) is 3.69. The van der Waals surface area contributed by atoms with Crippen LogP contribution in [-0.2, 0) is 9.59 Å². The number of aliphatic hydroxyl groups is 1. The van der Waals surface area contributed by atoms with Gasteiger partial charge in [-0.05, 0) is 13.3 Å². The monoisotopic (exact) mass is 660 g/mol. The zero-order valence-electron chi connectivity index (χ0n) is 23.6. The number of nitrogens with one attached hydrogen (secondary N) is 2. The van der Waals surface area contributed by atoms with E-state index in [1.807, 2.05) is 0 Å². The Morgan fingerprint density at radius 3 is 1.51 bits per heavy atom. The molecule has 0 aliphatic rings. The minimum atomic E-state index is -8.00. The Hall–Kier alpha value is -2.01. The molecular weight excluding hydrogens is 623 g/mol. The Morgan fingerprint density at radius 2 is 1.07 bits per heavy atom. The van der Waals surface area contributed by atoms with Crippen molar-refractivity contribution >= 4 is 11.8 Å². The summed E-state index contributed by atoms with van der Waals surface area (Å²) >= 11 is 0. The van der Waals surface area contributed by atoms with E-state index in [1.54, 1.807) is 0 Å². The SMILES string of the molecule is CCCCCCCCCCCC(=O)NCC(C)(CO)C(=O)NCCC(F)(F)C(F)(F)C(F)(F)C(F)(F)C(F)(F)C(F)(F)F. The van der Waals surface area contributed by atoms with Crippen molar-refractivity contribution in [3.63, 3.8) is 0 Å². The predicted octanol–water partition coefficient (Wildman–Crippen LogP) is 7.27. The Bertz CT molecular complexity index is 883. The number of carbonyl (C=O) groups is 2. The van der Waals surface area contributed by atoms with E-state index in [1.165, 1.54) is 5.32 Å². The van der Waals surface area contributed by atoms with Crippen molar-refractivity contribution in [3.05, 3.63) is 0 Å². The first kappa shape index (κ1) is 41.0. The summed E-state index contributed by atoms with van der Waals surface area (Å²) in [6, 6.07) is 0. The van der Waals surface area contributed by atoms with Crippen molar-refractivity contribution < 1.29 is 71.8 Å². The van der Waals surface area contributed by atoms with E-state index in [4.69, 9.17) is 0 Å². The number of aliphatic hydroxyl groups excluding tert-OH is 1. The molecule has 0 spiro atoms. The highest BCUT2D eigenvalue weighted by Crippen LogP contribution is 2.60. The van der Waals surface area contributed by atoms with E-state index in [0.29, 0.717) is 6.42 Å². The summed E-state index contributed by atoms with van der Waals surface area (Å²) in [6.45, 7) is -0.267. The lowest BCUT2D eigenvalue weighted by atomic mass is 9.90. The second-order valence-electron chi connectivity index (χ2n) is 10.6. The molecule has 1 unspecified atom stereocenters. The van der Waals surface area contributed by atoms with Crippen molar-refractivity contribution in [1.29, 1.82) is 0 Å². The lowest BCUT2D eigenvalue weighted by Crippen LogP contribution is -2.70. The molecule has 0 radical (unpaired) electrons. The zero-order chi connectivity index (χ0) is 34.0. The largest absolute Gasteiger partial charge is 0.460 e. The molecule has 0 saturated carbocycles. The summed E-state index contributed by atoms with van der Waals surface area (Å²) in [7, 11) is 0. The quantitative estimate of drug-likeness (QED) is 0.0896. The van der Waals surface area contributed by atoms with E-state index in [0.717, 1.165) is 58.3 Å². The van der Waals surface area contributed by atoms with Gasteiger partial charge in [0.25, 0.3) is 0 Å². The van der Waals surface area contributed by atoms with E-state index in [2.05, 4.69) is 12.2 Å². The molecular formula is C25H37F13N2O3. The molecule has 0 aromatic rings. The second kappa shape index (κ2) is 15.8. The van der Waals surface area contributed by atoms with Gasteiger partial charge in [0, 0.05) is 25.9 Å². The van der Waals surface area contributed by atoms with Gasteiger partial charge >= 0.3 is 35.8 Å². The Morgan fingerprint density at radius 1 is 0.628 bits per heavy atom. The number of unbranched alkanes of at least 4 members (excludes halogenated alkanes) is 8. The summed E-state index contributed by atoms with van der Waals surface area (Å²) < 4.78 is 171. The molecule has 256 valence electrons. The number of alkyl halides is 13. The van der Waals surface area contributed by atoms with Gasteiger partial charge in [-0.25, -0.2) is 0 Å². The third-order valence-corrected chi connectivity index (χ3v) is 6.80. The Kier molecular flexibility index (Phi) is 15.1. The topological polar surface area (TPSA) is 78.4 Å². The molecule has 43 heavy (non-hydrogen) atoms. The van der Waals surface area contributed by atoms with Gasteiger partial charge in [0.05, 0.1) is 12.0 Å². The summed E-state index contributed by atoms with van der Waals surface area (Å²) in [6.07, 6.45) is -1.39. The predicted molar refractivity (Wildman–Crippen MR) is 128 cm³/mol. The minimum absolute atomic E-state index is 0.0342. The minimum Gasteiger partial charge on any atom is -0.395 e. The standard InChI is InChI=1S/C25H37F13N2O3/c1-3-4-5-6-7-8-9-10-11-12-17(42)40-15-19(2,16-41)18(43)39-14-13-20(26,27)21(28,29)22(30,31)23(32,33)24(34,35)25(36,37)38/h41H,3-16H2,1-2H3,(H,39,43)(H,40,42). The lowest BCUT2D eigenvalue weighted by Gasteiger charge is -2.39. The van der Waals surface area contributed by atoms with Crippen LogP contribution in [0.4, 0.5) is 57.1 Å². The van der Waals surface area contributed by atoms with Gasteiger partial charge in [0.2, 0.25) is 11.8 Å². The smallest absolute Gasteiger partial charge is 0.395 e. The van der Waals surface area contributed by atoms with Crippen LogP contribution in [0.15, 0.2) is 0 Å².